The molecule has 1 aliphatic heterocycles. The molecule has 0 aromatic heterocycles. The zero-order valence-corrected chi connectivity index (χ0v) is 11.0. The lowest BCUT2D eigenvalue weighted by atomic mass is 10.1. The number of hydrogen-bond acceptors (Lipinski definition) is 6. The van der Waals surface area contributed by atoms with Gasteiger partial charge in [0.25, 0.3) is 0 Å². The average Bonchev–Trinajstić information content (AvgIpc) is 2.36. The van der Waals surface area contributed by atoms with E-state index in [9.17, 15) is 14.5 Å². The molecule has 0 spiro atoms. The highest BCUT2D eigenvalue weighted by Crippen LogP contribution is 2.26. The van der Waals surface area contributed by atoms with Crippen molar-refractivity contribution in [3.05, 3.63) is 18.8 Å². The summed E-state index contributed by atoms with van der Waals surface area (Å²) < 4.78 is 10.2. The molecule has 7 nitrogen and oxygen atoms in total. The van der Waals surface area contributed by atoms with Crippen molar-refractivity contribution < 1.29 is 19.1 Å². The topological polar surface area (TPSA) is 85.3 Å². The van der Waals surface area contributed by atoms with Crippen LogP contribution in [0.4, 0.5) is 0 Å². The molecular formula is C12H18N2O5. The van der Waals surface area contributed by atoms with Crippen molar-refractivity contribution in [2.45, 2.75) is 31.5 Å². The van der Waals surface area contributed by atoms with Crippen molar-refractivity contribution >= 4 is 11.9 Å². The van der Waals surface area contributed by atoms with Crippen LogP contribution in [0.1, 0.15) is 19.8 Å². The van der Waals surface area contributed by atoms with Gasteiger partial charge < -0.3 is 14.4 Å². The molecule has 1 saturated heterocycles. The molecule has 0 aromatic rings. The normalized spacial score (nSPS) is 17.9. The largest absolute Gasteiger partial charge is 0.432 e. The van der Waals surface area contributed by atoms with Crippen LogP contribution >= 0.6 is 0 Å². The maximum atomic E-state index is 11.8. The summed E-state index contributed by atoms with van der Waals surface area (Å²) >= 11 is 0. The number of carbonyl (C=O) groups is 2. The molecule has 0 aliphatic carbocycles. The Balaban J connectivity index is 2.62. The Bertz CT molecular complexity index is 350. The molecule has 2 radical (unpaired) electrons. The van der Waals surface area contributed by atoms with Gasteiger partial charge in [-0.3, -0.25) is 9.59 Å². The number of nitrogens with zero attached hydrogens (tertiary/aromatic N) is 2. The summed E-state index contributed by atoms with van der Waals surface area (Å²) in [4.78, 5) is 35.1. The van der Waals surface area contributed by atoms with E-state index in [1.165, 1.54) is 6.92 Å². The summed E-state index contributed by atoms with van der Waals surface area (Å²) in [6.45, 7) is 8.78. The SMILES string of the molecule is [CH2]C([CH2])N(CC(=O)OC1(N=O)CCOCC1)C(C)=O. The summed E-state index contributed by atoms with van der Waals surface area (Å²) in [5.41, 5.74) is -1.38. The van der Waals surface area contributed by atoms with E-state index >= 15 is 0 Å². The van der Waals surface area contributed by atoms with E-state index in [-0.39, 0.29) is 25.3 Å². The highest BCUT2D eigenvalue weighted by Gasteiger charge is 2.38. The second-order valence-corrected chi connectivity index (χ2v) is 4.42. The fraction of sp³-hybridized carbons (Fsp3) is 0.667. The summed E-state index contributed by atoms with van der Waals surface area (Å²) in [5.74, 6) is -1.04. The number of nitroso groups, excluding NO2 is 1. The van der Waals surface area contributed by atoms with E-state index in [2.05, 4.69) is 19.0 Å². The lowest BCUT2D eigenvalue weighted by molar-refractivity contribution is -0.171. The van der Waals surface area contributed by atoms with E-state index in [4.69, 9.17) is 9.47 Å². The maximum Gasteiger partial charge on any atom is 0.327 e. The zero-order valence-electron chi connectivity index (χ0n) is 11.0. The molecule has 0 saturated carbocycles. The van der Waals surface area contributed by atoms with Gasteiger partial charge in [0.05, 0.1) is 13.2 Å². The van der Waals surface area contributed by atoms with Crippen molar-refractivity contribution in [1.82, 2.24) is 4.90 Å². The van der Waals surface area contributed by atoms with E-state index in [0.717, 1.165) is 4.90 Å². The van der Waals surface area contributed by atoms with Crippen molar-refractivity contribution in [3.63, 3.8) is 0 Å². The van der Waals surface area contributed by atoms with Gasteiger partial charge in [-0.1, -0.05) is 0 Å². The van der Waals surface area contributed by atoms with Gasteiger partial charge >= 0.3 is 5.97 Å². The molecule has 19 heavy (non-hydrogen) atoms. The van der Waals surface area contributed by atoms with Crippen LogP contribution in [0.15, 0.2) is 5.18 Å². The lowest BCUT2D eigenvalue weighted by Crippen LogP contribution is -2.44. The van der Waals surface area contributed by atoms with Gasteiger partial charge in [0, 0.05) is 25.8 Å². The second-order valence-electron chi connectivity index (χ2n) is 4.42. The number of carbonyl (C=O) groups excluding carboxylic acids is 2. The molecule has 0 unspecified atom stereocenters. The summed E-state index contributed by atoms with van der Waals surface area (Å²) in [6.07, 6.45) is 0.445. The third kappa shape index (κ3) is 4.27. The zero-order chi connectivity index (χ0) is 14.5. The monoisotopic (exact) mass is 270 g/mol. The molecule has 0 aromatic carbocycles. The standard InChI is InChI=1S/C12H18N2O5/c1-9(2)14(10(3)15)8-11(16)19-12(13-17)4-6-18-7-5-12/h9H,1-2,4-8H2,3H3. The quantitative estimate of drug-likeness (QED) is 0.542. The third-order valence-corrected chi connectivity index (χ3v) is 2.89. The molecule has 0 N–H and O–H groups in total. The summed E-state index contributed by atoms with van der Waals surface area (Å²) in [5, 5.41) is 2.91. The summed E-state index contributed by atoms with van der Waals surface area (Å²) in [6, 6.07) is -0.611. The van der Waals surface area contributed by atoms with Crippen LogP contribution in [-0.4, -0.2) is 48.3 Å². The fourth-order valence-corrected chi connectivity index (χ4v) is 1.78. The minimum atomic E-state index is -1.38. The first-order valence-electron chi connectivity index (χ1n) is 5.98. The van der Waals surface area contributed by atoms with Gasteiger partial charge in [-0.25, -0.2) is 0 Å². The molecule has 1 heterocycles. The smallest absolute Gasteiger partial charge is 0.327 e. The third-order valence-electron chi connectivity index (χ3n) is 2.89. The van der Waals surface area contributed by atoms with Crippen LogP contribution in [0.5, 0.6) is 0 Å². The second kappa shape index (κ2) is 6.60. The van der Waals surface area contributed by atoms with Crippen LogP contribution in [0.25, 0.3) is 0 Å². The highest BCUT2D eigenvalue weighted by atomic mass is 16.6. The molecule has 0 bridgehead atoms. The van der Waals surface area contributed by atoms with Crippen LogP contribution < -0.4 is 0 Å². The van der Waals surface area contributed by atoms with Gasteiger partial charge in [0.15, 0.2) is 0 Å². The van der Waals surface area contributed by atoms with Gasteiger partial charge in [0.2, 0.25) is 11.6 Å². The van der Waals surface area contributed by atoms with Gasteiger partial charge in [-0.2, -0.15) is 0 Å². The Morgan fingerprint density at radius 3 is 2.42 bits per heavy atom. The number of ether oxygens (including phenoxy) is 2. The lowest BCUT2D eigenvalue weighted by Gasteiger charge is -2.31. The predicted octanol–water partition coefficient (Wildman–Crippen LogP) is 0.688. The van der Waals surface area contributed by atoms with Crippen LogP contribution in [0.3, 0.4) is 0 Å². The molecular weight excluding hydrogens is 252 g/mol. The van der Waals surface area contributed by atoms with Crippen molar-refractivity contribution in [1.29, 1.82) is 0 Å². The first-order chi connectivity index (χ1) is 8.90. The number of esters is 1. The van der Waals surface area contributed by atoms with Gasteiger partial charge in [0.1, 0.15) is 6.54 Å². The Hall–Kier alpha value is -1.50. The van der Waals surface area contributed by atoms with E-state index in [1.807, 2.05) is 0 Å². The Labute approximate surface area is 112 Å². The highest BCUT2D eigenvalue weighted by molar-refractivity contribution is 5.81. The average molecular weight is 270 g/mol. The first kappa shape index (κ1) is 15.6. The maximum absolute atomic E-state index is 11.8. The first-order valence-corrected chi connectivity index (χ1v) is 5.98. The Morgan fingerprint density at radius 2 is 2.00 bits per heavy atom. The number of rotatable bonds is 5. The van der Waals surface area contributed by atoms with E-state index in [1.54, 1.807) is 0 Å². The fourth-order valence-electron chi connectivity index (χ4n) is 1.78. The van der Waals surface area contributed by atoms with Crippen LogP contribution in [0, 0.1) is 18.8 Å². The van der Waals surface area contributed by atoms with Gasteiger partial charge in [-0.05, 0) is 19.0 Å². The molecule has 7 heteroatoms. The molecule has 0 atom stereocenters. The van der Waals surface area contributed by atoms with Crippen LogP contribution in [0.2, 0.25) is 0 Å². The minimum absolute atomic E-state index is 0.223. The molecule has 1 fully saturated rings. The van der Waals surface area contributed by atoms with E-state index in [0.29, 0.717) is 13.2 Å². The van der Waals surface area contributed by atoms with Crippen LogP contribution in [-0.2, 0) is 19.1 Å². The molecule has 1 rings (SSSR count). The summed E-state index contributed by atoms with van der Waals surface area (Å²) in [7, 11) is 0. The molecule has 1 amide bonds. The van der Waals surface area contributed by atoms with Crippen molar-refractivity contribution in [2.75, 3.05) is 19.8 Å². The van der Waals surface area contributed by atoms with Crippen molar-refractivity contribution in [2.24, 2.45) is 5.18 Å². The van der Waals surface area contributed by atoms with Gasteiger partial charge in [-0.15, -0.1) is 4.91 Å². The Morgan fingerprint density at radius 1 is 1.42 bits per heavy atom. The predicted molar refractivity (Wildman–Crippen MR) is 66.6 cm³/mol. The minimum Gasteiger partial charge on any atom is -0.432 e. The van der Waals surface area contributed by atoms with Crippen molar-refractivity contribution in [3.8, 4) is 0 Å². The van der Waals surface area contributed by atoms with E-state index < -0.39 is 17.7 Å². The number of hydrogen-bond donors (Lipinski definition) is 0. The molecule has 1 aliphatic rings. The number of amides is 1. The Kier molecular flexibility index (Phi) is 5.41. The molecule has 106 valence electrons.